The van der Waals surface area contributed by atoms with Crippen LogP contribution in [0, 0.1) is 15.5 Å². The van der Waals surface area contributed by atoms with Crippen molar-refractivity contribution in [1.29, 1.82) is 0 Å². The lowest BCUT2D eigenvalue weighted by molar-refractivity contribution is -0.526. The first-order valence-corrected chi connectivity index (χ1v) is 7.25. The van der Waals surface area contributed by atoms with Crippen molar-refractivity contribution in [1.82, 2.24) is 0 Å². The van der Waals surface area contributed by atoms with Crippen molar-refractivity contribution < 1.29 is 24.7 Å². The van der Waals surface area contributed by atoms with Gasteiger partial charge in [0, 0.05) is 23.3 Å². The molecule has 1 fully saturated rings. The number of rotatable bonds is 3. The van der Waals surface area contributed by atoms with Crippen molar-refractivity contribution in [3.8, 4) is 0 Å². The zero-order valence-corrected chi connectivity index (χ0v) is 12.5. The molecule has 1 unspecified atom stereocenters. The van der Waals surface area contributed by atoms with Gasteiger partial charge in [0.25, 0.3) is 0 Å². The lowest BCUT2D eigenvalue weighted by atomic mass is 9.80. The standard InChI is InChI=1S/C9H10O4.C6H11NO2/c1-9(8(12)13)4-2-3-6(5-9)7(10)11;8-7(9)6-4-2-1-3-5-6/h2-4H,5H2,1H3,(H,10,11)(H,12,13);6H,1-5H2. The summed E-state index contributed by atoms with van der Waals surface area (Å²) in [4.78, 5) is 31.4. The molecule has 2 aliphatic rings. The Hall–Kier alpha value is -2.18. The second-order valence-corrected chi connectivity index (χ2v) is 5.83. The summed E-state index contributed by atoms with van der Waals surface area (Å²) < 4.78 is 0. The predicted octanol–water partition coefficient (Wildman–Crippen LogP) is 2.64. The van der Waals surface area contributed by atoms with Crippen LogP contribution in [0.2, 0.25) is 0 Å². The number of carbonyl (C=O) groups is 2. The van der Waals surface area contributed by atoms with Gasteiger partial charge >= 0.3 is 11.9 Å². The lowest BCUT2D eigenvalue weighted by Gasteiger charge is -2.23. The number of aliphatic carboxylic acids is 2. The van der Waals surface area contributed by atoms with Crippen molar-refractivity contribution >= 4 is 11.9 Å². The molecule has 2 N–H and O–H groups in total. The second kappa shape index (κ2) is 7.72. The van der Waals surface area contributed by atoms with E-state index in [4.69, 9.17) is 10.2 Å². The summed E-state index contributed by atoms with van der Waals surface area (Å²) in [5.74, 6) is -2.06. The topological polar surface area (TPSA) is 118 Å². The highest BCUT2D eigenvalue weighted by molar-refractivity contribution is 5.90. The molecular formula is C15H21NO6. The molecule has 1 atom stereocenters. The fourth-order valence-corrected chi connectivity index (χ4v) is 2.48. The number of nitrogens with zero attached hydrogens (tertiary/aromatic N) is 1. The minimum atomic E-state index is -1.08. The number of hydrogen-bond acceptors (Lipinski definition) is 4. The molecule has 0 aliphatic heterocycles. The molecule has 0 aromatic rings. The maximum atomic E-state index is 10.8. The molecule has 7 heteroatoms. The third-order valence-corrected chi connectivity index (χ3v) is 3.96. The molecule has 1 saturated carbocycles. The summed E-state index contributed by atoms with van der Waals surface area (Å²) >= 11 is 0. The molecule has 22 heavy (non-hydrogen) atoms. The van der Waals surface area contributed by atoms with Crippen LogP contribution in [-0.2, 0) is 9.59 Å². The van der Waals surface area contributed by atoms with Crippen LogP contribution in [0.3, 0.4) is 0 Å². The SMILES string of the molecule is CC1(C(=O)O)C=CC=C(C(=O)O)C1.O=[N+]([O-])C1CCCCC1. The van der Waals surface area contributed by atoms with Crippen molar-refractivity contribution in [3.05, 3.63) is 33.9 Å². The Morgan fingerprint density at radius 2 is 1.86 bits per heavy atom. The van der Waals surface area contributed by atoms with Crippen LogP contribution in [0.4, 0.5) is 0 Å². The molecule has 2 aliphatic carbocycles. The van der Waals surface area contributed by atoms with E-state index < -0.39 is 17.4 Å². The molecule has 122 valence electrons. The average molecular weight is 311 g/mol. The van der Waals surface area contributed by atoms with Crippen LogP contribution in [0.15, 0.2) is 23.8 Å². The smallest absolute Gasteiger partial charge is 0.331 e. The predicted molar refractivity (Wildman–Crippen MR) is 79.1 cm³/mol. The van der Waals surface area contributed by atoms with Gasteiger partial charge in [0.05, 0.1) is 5.41 Å². The number of allylic oxidation sites excluding steroid dienone is 2. The Bertz CT molecular complexity index is 504. The third-order valence-electron chi connectivity index (χ3n) is 3.96. The highest BCUT2D eigenvalue weighted by atomic mass is 16.6. The van der Waals surface area contributed by atoms with Gasteiger partial charge in [-0.3, -0.25) is 14.9 Å². The van der Waals surface area contributed by atoms with Gasteiger partial charge in [0.1, 0.15) is 0 Å². The minimum absolute atomic E-state index is 0.0359. The molecule has 7 nitrogen and oxygen atoms in total. The first-order valence-electron chi connectivity index (χ1n) is 7.25. The lowest BCUT2D eigenvalue weighted by Crippen LogP contribution is -2.28. The molecule has 0 bridgehead atoms. The number of hydrogen-bond donors (Lipinski definition) is 2. The normalized spacial score (nSPS) is 24.7. The van der Waals surface area contributed by atoms with Crippen LogP contribution in [0.1, 0.15) is 45.4 Å². The largest absolute Gasteiger partial charge is 0.481 e. The molecule has 0 radical (unpaired) electrons. The quantitative estimate of drug-likeness (QED) is 0.611. The second-order valence-electron chi connectivity index (χ2n) is 5.83. The van der Waals surface area contributed by atoms with Crippen LogP contribution in [0.25, 0.3) is 0 Å². The zero-order chi connectivity index (χ0) is 16.8. The molecule has 0 spiro atoms. The van der Waals surface area contributed by atoms with E-state index in [0.29, 0.717) is 0 Å². The number of carboxylic acid groups (broad SMARTS) is 2. The zero-order valence-electron chi connectivity index (χ0n) is 12.5. The van der Waals surface area contributed by atoms with Crippen LogP contribution in [0.5, 0.6) is 0 Å². The average Bonchev–Trinajstić information content (AvgIpc) is 2.48. The minimum Gasteiger partial charge on any atom is -0.481 e. The maximum Gasteiger partial charge on any atom is 0.331 e. The van der Waals surface area contributed by atoms with Crippen LogP contribution < -0.4 is 0 Å². The molecule has 0 amide bonds. The van der Waals surface area contributed by atoms with Gasteiger partial charge in [-0.1, -0.05) is 24.6 Å². The Morgan fingerprint density at radius 1 is 1.27 bits per heavy atom. The summed E-state index contributed by atoms with van der Waals surface area (Å²) in [6.07, 6.45) is 9.31. The first kappa shape index (κ1) is 17.9. The molecular weight excluding hydrogens is 290 g/mol. The van der Waals surface area contributed by atoms with E-state index in [1.165, 1.54) is 31.6 Å². The van der Waals surface area contributed by atoms with E-state index >= 15 is 0 Å². The molecule has 0 aromatic heterocycles. The Labute approximate surface area is 128 Å². The fraction of sp³-hybridized carbons (Fsp3) is 0.600. The Balaban J connectivity index is 0.000000235. The summed E-state index contributed by atoms with van der Waals surface area (Å²) in [5.41, 5.74) is -0.949. The number of carboxylic acids is 2. The van der Waals surface area contributed by atoms with Crippen LogP contribution in [-0.4, -0.2) is 33.1 Å². The molecule has 0 saturated heterocycles. The van der Waals surface area contributed by atoms with E-state index in [-0.39, 0.29) is 23.0 Å². The molecule has 0 aromatic carbocycles. The Kier molecular flexibility index (Phi) is 6.27. The van der Waals surface area contributed by atoms with Crippen molar-refractivity contribution in [2.24, 2.45) is 5.41 Å². The van der Waals surface area contributed by atoms with Gasteiger partial charge in [0.15, 0.2) is 0 Å². The Morgan fingerprint density at radius 3 is 2.27 bits per heavy atom. The summed E-state index contributed by atoms with van der Waals surface area (Å²) in [7, 11) is 0. The number of nitro groups is 1. The van der Waals surface area contributed by atoms with Crippen molar-refractivity contribution in [2.75, 3.05) is 0 Å². The van der Waals surface area contributed by atoms with Crippen LogP contribution >= 0.6 is 0 Å². The van der Waals surface area contributed by atoms with Crippen molar-refractivity contribution in [3.63, 3.8) is 0 Å². The van der Waals surface area contributed by atoms with E-state index in [0.717, 1.165) is 25.7 Å². The first-order chi connectivity index (χ1) is 10.3. The van der Waals surface area contributed by atoms with Crippen molar-refractivity contribution in [2.45, 2.75) is 51.5 Å². The van der Waals surface area contributed by atoms with Gasteiger partial charge in [-0.25, -0.2) is 4.79 Å². The van der Waals surface area contributed by atoms with Gasteiger partial charge in [-0.05, 0) is 26.2 Å². The summed E-state index contributed by atoms with van der Waals surface area (Å²) in [5, 5.41) is 27.6. The summed E-state index contributed by atoms with van der Waals surface area (Å²) in [6.45, 7) is 1.50. The third kappa shape index (κ3) is 4.98. The van der Waals surface area contributed by atoms with Gasteiger partial charge in [-0.2, -0.15) is 0 Å². The summed E-state index contributed by atoms with van der Waals surface area (Å²) in [6, 6.07) is -0.223. The fourth-order valence-electron chi connectivity index (χ4n) is 2.48. The monoisotopic (exact) mass is 311 g/mol. The molecule has 0 heterocycles. The van der Waals surface area contributed by atoms with E-state index in [1.54, 1.807) is 0 Å². The van der Waals surface area contributed by atoms with E-state index in [9.17, 15) is 19.7 Å². The van der Waals surface area contributed by atoms with Gasteiger partial charge in [-0.15, -0.1) is 0 Å². The van der Waals surface area contributed by atoms with E-state index in [2.05, 4.69) is 0 Å². The molecule has 2 rings (SSSR count). The van der Waals surface area contributed by atoms with Gasteiger partial charge < -0.3 is 10.2 Å². The van der Waals surface area contributed by atoms with E-state index in [1.807, 2.05) is 0 Å². The highest BCUT2D eigenvalue weighted by Gasteiger charge is 2.34. The van der Waals surface area contributed by atoms with Gasteiger partial charge in [0.2, 0.25) is 6.04 Å². The highest BCUT2D eigenvalue weighted by Crippen LogP contribution is 2.31. The maximum absolute atomic E-state index is 10.8.